The van der Waals surface area contributed by atoms with E-state index >= 15 is 0 Å². The Morgan fingerprint density at radius 1 is 1.21 bits per heavy atom. The quantitative estimate of drug-likeness (QED) is 0.791. The number of piperidine rings is 2. The minimum atomic E-state index is -0.251. The summed E-state index contributed by atoms with van der Waals surface area (Å²) in [5.74, 6) is 0.958. The number of likely N-dealkylation sites (tertiary alicyclic amines) is 1. The van der Waals surface area contributed by atoms with Crippen molar-refractivity contribution < 1.29 is 9.18 Å². The zero-order chi connectivity index (χ0) is 20.6. The first kappa shape index (κ1) is 20.1. The molecular formula is C23H31FN4O. The van der Waals surface area contributed by atoms with E-state index in [1.807, 2.05) is 20.2 Å². The highest BCUT2D eigenvalue weighted by Gasteiger charge is 2.42. The topological polar surface area (TPSA) is 39.7 Å². The Labute approximate surface area is 172 Å². The molecule has 0 N–H and O–H groups in total. The number of aryl methyl sites for hydroxylation is 1. The van der Waals surface area contributed by atoms with E-state index in [0.29, 0.717) is 11.9 Å². The number of hydrogen-bond acceptors (Lipinski definition) is 4. The molecule has 0 radical (unpaired) electrons. The van der Waals surface area contributed by atoms with Crippen molar-refractivity contribution in [3.8, 4) is 0 Å². The molecule has 4 rings (SSSR count). The van der Waals surface area contributed by atoms with Gasteiger partial charge in [0, 0.05) is 56.0 Å². The van der Waals surface area contributed by atoms with Crippen molar-refractivity contribution in [1.29, 1.82) is 0 Å². The summed E-state index contributed by atoms with van der Waals surface area (Å²) in [5, 5.41) is 1.000. The fraction of sp³-hybridized carbons (Fsp3) is 0.565. The van der Waals surface area contributed by atoms with Crippen LogP contribution in [-0.2, 0) is 4.79 Å². The third-order valence-electron chi connectivity index (χ3n) is 6.52. The first-order valence-electron chi connectivity index (χ1n) is 10.6. The molecule has 156 valence electrons. The molecule has 2 aliphatic heterocycles. The summed E-state index contributed by atoms with van der Waals surface area (Å²) in [5.41, 5.74) is 1.97. The van der Waals surface area contributed by atoms with Gasteiger partial charge in [0.05, 0.1) is 5.52 Å². The Balaban J connectivity index is 1.56. The number of rotatable bonds is 4. The molecule has 1 aromatic carbocycles. The van der Waals surface area contributed by atoms with Crippen LogP contribution in [0.5, 0.6) is 0 Å². The predicted molar refractivity (Wildman–Crippen MR) is 115 cm³/mol. The van der Waals surface area contributed by atoms with E-state index < -0.39 is 0 Å². The van der Waals surface area contributed by atoms with Gasteiger partial charge < -0.3 is 14.7 Å². The van der Waals surface area contributed by atoms with Crippen molar-refractivity contribution in [2.45, 2.75) is 32.6 Å². The van der Waals surface area contributed by atoms with Crippen LogP contribution in [0.25, 0.3) is 10.9 Å². The SMILES string of the molecule is Cc1cc(N2CCC[C@]3(CCC(=O)N(CCN(C)C)C3)C2)nc2cc(F)ccc12. The van der Waals surface area contributed by atoms with Gasteiger partial charge in [-0.2, -0.15) is 0 Å². The molecule has 0 unspecified atom stereocenters. The Kier molecular flexibility index (Phi) is 5.47. The number of fused-ring (bicyclic) bond motifs is 1. The van der Waals surface area contributed by atoms with Crippen molar-refractivity contribution in [3.63, 3.8) is 0 Å². The number of hydrogen-bond donors (Lipinski definition) is 0. The molecule has 1 aromatic heterocycles. The minimum absolute atomic E-state index is 0.130. The number of likely N-dealkylation sites (N-methyl/N-ethyl adjacent to an activating group) is 1. The van der Waals surface area contributed by atoms with Crippen molar-refractivity contribution >= 4 is 22.6 Å². The van der Waals surface area contributed by atoms with E-state index in [1.165, 1.54) is 12.1 Å². The van der Waals surface area contributed by atoms with Gasteiger partial charge in [0.25, 0.3) is 0 Å². The fourth-order valence-corrected chi connectivity index (χ4v) is 4.88. The molecule has 2 aromatic rings. The van der Waals surface area contributed by atoms with Crippen LogP contribution >= 0.6 is 0 Å². The standard InChI is InChI=1S/C23H31FN4O/c1-17-13-21(25-20-14-18(24)5-6-19(17)20)27-10-4-8-23(15-27)9-7-22(29)28(16-23)12-11-26(2)3/h5-6,13-14H,4,7-12,15-16H2,1-3H3/t23-/m0/s1. The first-order chi connectivity index (χ1) is 13.8. The molecule has 6 heteroatoms. The number of nitrogens with zero attached hydrogens (tertiary/aromatic N) is 4. The predicted octanol–water partition coefficient (Wildman–Crippen LogP) is 3.45. The third-order valence-corrected chi connectivity index (χ3v) is 6.52. The number of benzene rings is 1. The number of pyridine rings is 1. The van der Waals surface area contributed by atoms with Crippen LogP contribution in [0, 0.1) is 18.2 Å². The maximum Gasteiger partial charge on any atom is 0.222 e. The van der Waals surface area contributed by atoms with Gasteiger partial charge in [-0.1, -0.05) is 0 Å². The van der Waals surface area contributed by atoms with Gasteiger partial charge in [-0.15, -0.1) is 0 Å². The lowest BCUT2D eigenvalue weighted by Crippen LogP contribution is -2.55. The van der Waals surface area contributed by atoms with Crippen LogP contribution in [0.3, 0.4) is 0 Å². The number of carbonyl (C=O) groups is 1. The molecule has 1 spiro atoms. The summed E-state index contributed by atoms with van der Waals surface area (Å²) in [6, 6.07) is 6.95. The molecule has 2 saturated heterocycles. The van der Waals surface area contributed by atoms with Crippen LogP contribution < -0.4 is 4.90 Å². The van der Waals surface area contributed by atoms with Crippen molar-refractivity contribution in [2.75, 3.05) is 51.7 Å². The average Bonchev–Trinajstić information content (AvgIpc) is 2.68. The number of carbonyl (C=O) groups excluding carboxylic acids is 1. The highest BCUT2D eigenvalue weighted by Crippen LogP contribution is 2.40. The van der Waals surface area contributed by atoms with Crippen LogP contribution in [-0.4, -0.2) is 67.5 Å². The van der Waals surface area contributed by atoms with Gasteiger partial charge >= 0.3 is 0 Å². The molecule has 0 saturated carbocycles. The Bertz CT molecular complexity index is 915. The smallest absolute Gasteiger partial charge is 0.222 e. The van der Waals surface area contributed by atoms with Crippen molar-refractivity contribution in [2.24, 2.45) is 5.41 Å². The minimum Gasteiger partial charge on any atom is -0.356 e. The molecule has 0 bridgehead atoms. The lowest BCUT2D eigenvalue weighted by molar-refractivity contribution is -0.138. The molecular weight excluding hydrogens is 367 g/mol. The molecule has 1 atom stereocenters. The van der Waals surface area contributed by atoms with Gasteiger partial charge in [-0.3, -0.25) is 4.79 Å². The number of amides is 1. The van der Waals surface area contributed by atoms with Gasteiger partial charge in [-0.05, 0) is 64.0 Å². The maximum absolute atomic E-state index is 13.7. The average molecular weight is 399 g/mol. The van der Waals surface area contributed by atoms with Gasteiger partial charge in [-0.25, -0.2) is 9.37 Å². The van der Waals surface area contributed by atoms with E-state index in [4.69, 9.17) is 4.98 Å². The zero-order valence-corrected chi connectivity index (χ0v) is 17.7. The second-order valence-corrected chi connectivity index (χ2v) is 9.10. The van der Waals surface area contributed by atoms with Crippen LogP contribution in [0.1, 0.15) is 31.2 Å². The van der Waals surface area contributed by atoms with Crippen molar-refractivity contribution in [3.05, 3.63) is 35.6 Å². The lowest BCUT2D eigenvalue weighted by Gasteiger charge is -2.48. The van der Waals surface area contributed by atoms with Gasteiger partial charge in [0.1, 0.15) is 11.6 Å². The molecule has 5 nitrogen and oxygen atoms in total. The Morgan fingerprint density at radius 2 is 2.03 bits per heavy atom. The second-order valence-electron chi connectivity index (χ2n) is 9.10. The highest BCUT2D eigenvalue weighted by molar-refractivity contribution is 5.84. The molecule has 3 heterocycles. The summed E-state index contributed by atoms with van der Waals surface area (Å²) in [7, 11) is 4.09. The number of aromatic nitrogens is 1. The summed E-state index contributed by atoms with van der Waals surface area (Å²) in [4.78, 5) is 23.8. The van der Waals surface area contributed by atoms with Crippen LogP contribution in [0.15, 0.2) is 24.3 Å². The summed E-state index contributed by atoms with van der Waals surface area (Å²) in [6.45, 7) is 6.44. The third kappa shape index (κ3) is 4.22. The zero-order valence-electron chi connectivity index (χ0n) is 17.7. The highest BCUT2D eigenvalue weighted by atomic mass is 19.1. The van der Waals surface area contributed by atoms with Gasteiger partial charge in [0.2, 0.25) is 5.91 Å². The maximum atomic E-state index is 13.7. The summed E-state index contributed by atoms with van der Waals surface area (Å²) in [6.07, 6.45) is 3.83. The molecule has 2 aliphatic rings. The lowest BCUT2D eigenvalue weighted by atomic mass is 9.73. The first-order valence-corrected chi connectivity index (χ1v) is 10.6. The van der Waals surface area contributed by atoms with E-state index in [0.717, 1.165) is 68.8 Å². The van der Waals surface area contributed by atoms with E-state index in [1.54, 1.807) is 0 Å². The fourth-order valence-electron chi connectivity index (χ4n) is 4.88. The molecule has 1 amide bonds. The number of halogens is 1. The Morgan fingerprint density at radius 3 is 2.83 bits per heavy atom. The molecule has 29 heavy (non-hydrogen) atoms. The summed E-state index contributed by atoms with van der Waals surface area (Å²) >= 11 is 0. The van der Waals surface area contributed by atoms with Crippen molar-refractivity contribution in [1.82, 2.24) is 14.8 Å². The van der Waals surface area contributed by atoms with Crippen LogP contribution in [0.4, 0.5) is 10.2 Å². The molecule has 0 aliphatic carbocycles. The molecule has 2 fully saturated rings. The van der Waals surface area contributed by atoms with E-state index in [-0.39, 0.29) is 17.1 Å². The number of anilines is 1. The second kappa shape index (κ2) is 7.90. The Hall–Kier alpha value is -2.21. The largest absolute Gasteiger partial charge is 0.356 e. The van der Waals surface area contributed by atoms with E-state index in [9.17, 15) is 9.18 Å². The monoisotopic (exact) mass is 398 g/mol. The van der Waals surface area contributed by atoms with E-state index in [2.05, 4.69) is 27.7 Å². The summed E-state index contributed by atoms with van der Waals surface area (Å²) < 4.78 is 13.7. The van der Waals surface area contributed by atoms with Gasteiger partial charge in [0.15, 0.2) is 0 Å². The normalized spacial score (nSPS) is 22.9. The van der Waals surface area contributed by atoms with Crippen LogP contribution in [0.2, 0.25) is 0 Å².